The van der Waals surface area contributed by atoms with Crippen LogP contribution in [0.2, 0.25) is 11.1 Å². The summed E-state index contributed by atoms with van der Waals surface area (Å²) >= 11 is 5.18. The van der Waals surface area contributed by atoms with E-state index in [1.54, 1.807) is 0 Å². The zero-order valence-electron chi connectivity index (χ0n) is 5.08. The van der Waals surface area contributed by atoms with Crippen molar-refractivity contribution >= 4 is 25.7 Å². The largest absolute Gasteiger partial charge is 0.279 e. The molecule has 0 heterocycles. The zero-order chi connectivity index (χ0) is 5.70. The van der Waals surface area contributed by atoms with Crippen LogP contribution in [0.3, 0.4) is 0 Å². The van der Waals surface area contributed by atoms with E-state index in [1.807, 2.05) is 0 Å². The van der Waals surface area contributed by atoms with Crippen molar-refractivity contribution in [3.63, 3.8) is 0 Å². The molecule has 0 radical (unpaired) electrons. The molecular weight excluding hydrogens is 122 g/mol. The van der Waals surface area contributed by atoms with Gasteiger partial charge in [-0.25, -0.2) is 0 Å². The van der Waals surface area contributed by atoms with Gasteiger partial charge in [-0.1, -0.05) is 18.6 Å². The van der Waals surface area contributed by atoms with Gasteiger partial charge in [-0.2, -0.15) is 0 Å². The molecule has 0 aliphatic carbocycles. The van der Waals surface area contributed by atoms with Gasteiger partial charge >= 0.3 is 0 Å². The fraction of sp³-hybridized carbons (Fsp3) is 1.00. The van der Waals surface area contributed by atoms with Gasteiger partial charge in [-0.05, 0) is 4.74 Å². The van der Waals surface area contributed by atoms with Crippen LogP contribution in [0.15, 0.2) is 0 Å². The van der Waals surface area contributed by atoms with Crippen molar-refractivity contribution in [2.45, 2.75) is 24.4 Å². The van der Waals surface area contributed by atoms with Crippen molar-refractivity contribution in [2.75, 3.05) is 4.74 Å². The van der Waals surface area contributed by atoms with E-state index in [4.69, 9.17) is 11.6 Å². The summed E-state index contributed by atoms with van der Waals surface area (Å²) in [6.07, 6.45) is 1.32. The number of alkyl halides is 1. The number of hydrogen-bond donors (Lipinski definition) is 0. The molecule has 0 aliphatic heterocycles. The minimum absolute atomic E-state index is 0.416. The van der Waals surface area contributed by atoms with Crippen LogP contribution in [-0.4, -0.2) is 18.9 Å². The molecule has 0 atom stereocenters. The van der Waals surface area contributed by atoms with Crippen LogP contribution in [-0.2, 0) is 0 Å². The molecule has 0 spiro atoms. The Balaban J connectivity index is 2.83. The first kappa shape index (κ1) is 7.82. The smallest absolute Gasteiger partial charge is 0.143 e. The maximum Gasteiger partial charge on any atom is 0.279 e. The topological polar surface area (TPSA) is 0 Å². The van der Waals surface area contributed by atoms with Crippen molar-refractivity contribution < 1.29 is 0 Å². The minimum Gasteiger partial charge on any atom is -0.143 e. The van der Waals surface area contributed by atoms with E-state index in [-0.39, 0.29) is 0 Å². The summed E-state index contributed by atoms with van der Waals surface area (Å²) in [6.45, 7) is 2.22. The Morgan fingerprint density at radius 2 is 2.14 bits per heavy atom. The third-order valence-corrected chi connectivity index (χ3v) is 4.72. The lowest BCUT2D eigenvalue weighted by Crippen LogP contribution is -2.07. The van der Waals surface area contributed by atoms with Gasteiger partial charge in [0, 0.05) is 0 Å². The molecule has 0 N–H and O–H groups in total. The highest BCUT2D eigenvalue weighted by Crippen LogP contribution is 1.97. The van der Waals surface area contributed by atoms with Crippen LogP contribution in [0.4, 0.5) is 0 Å². The van der Waals surface area contributed by atoms with Gasteiger partial charge in [0.05, 0.1) is 0 Å². The second-order valence-corrected chi connectivity index (χ2v) is 6.07. The molecule has 0 unspecified atom stereocenters. The lowest BCUT2D eigenvalue weighted by molar-refractivity contribution is 1.06. The highest BCUT2D eigenvalue weighted by molar-refractivity contribution is 6.66. The van der Waals surface area contributed by atoms with Gasteiger partial charge < -0.3 is 0 Å². The first-order valence-corrected chi connectivity index (χ1v) is 6.19. The van der Waals surface area contributed by atoms with E-state index >= 15 is 0 Å². The predicted octanol–water partition coefficient (Wildman–Crippen LogP) is 2.30. The quantitative estimate of drug-likeness (QED) is 0.411. The van der Waals surface area contributed by atoms with Gasteiger partial charge in [0.1, 0.15) is 0 Å². The average Bonchev–Trinajstić information content (AvgIpc) is 1.68. The van der Waals surface area contributed by atoms with Gasteiger partial charge in [-0.15, -0.1) is 17.4 Å². The van der Waals surface area contributed by atoms with E-state index in [1.165, 1.54) is 11.7 Å². The highest BCUT2D eigenvalue weighted by atomic mass is 35.5. The van der Waals surface area contributed by atoms with E-state index in [9.17, 15) is 0 Å². The standard InChI is InChI=1S/C3H7.CH2Cl.CH3.Al/c1-3-2;1-2;;/h1,3H2,2H3;1H2;1H3;. The van der Waals surface area contributed by atoms with Crippen molar-refractivity contribution in [1.29, 1.82) is 0 Å². The molecule has 0 aliphatic rings. The zero-order valence-corrected chi connectivity index (χ0v) is 6.99. The van der Waals surface area contributed by atoms with Crippen LogP contribution >= 0.6 is 11.6 Å². The second-order valence-electron chi connectivity index (χ2n) is 2.05. The Labute approximate surface area is 55.3 Å². The third kappa shape index (κ3) is 4.68. The number of rotatable bonds is 3. The Morgan fingerprint density at radius 3 is 2.29 bits per heavy atom. The molecule has 42 valence electrons. The van der Waals surface area contributed by atoms with Crippen LogP contribution in [0, 0.1) is 0 Å². The van der Waals surface area contributed by atoms with Crippen molar-refractivity contribution in [3.8, 4) is 0 Å². The summed E-state index contributed by atoms with van der Waals surface area (Å²) in [5.41, 5.74) is 0. The van der Waals surface area contributed by atoms with Crippen molar-refractivity contribution in [1.82, 2.24) is 0 Å². The summed E-state index contributed by atoms with van der Waals surface area (Å²) in [6, 6.07) is 0. The summed E-state index contributed by atoms with van der Waals surface area (Å²) < 4.78 is 0.952. The van der Waals surface area contributed by atoms with E-state index < -0.39 is 14.1 Å². The van der Waals surface area contributed by atoms with Crippen LogP contribution in [0.25, 0.3) is 0 Å². The van der Waals surface area contributed by atoms with Crippen LogP contribution in [0.1, 0.15) is 13.3 Å². The molecule has 0 aromatic carbocycles. The molecule has 2 heteroatoms. The molecule has 0 saturated heterocycles. The number of halogens is 1. The lowest BCUT2D eigenvalue weighted by atomic mass is 10.6. The Hall–Kier alpha value is 0.822. The monoisotopic (exact) mass is 134 g/mol. The molecule has 0 saturated carbocycles. The number of hydrogen-bond acceptors (Lipinski definition) is 0. The summed E-state index contributed by atoms with van der Waals surface area (Å²) in [5, 5.41) is 1.41. The predicted molar refractivity (Wildman–Crippen MR) is 37.4 cm³/mol. The molecular formula is C5H12AlCl. The molecule has 0 bridgehead atoms. The fourth-order valence-corrected chi connectivity index (χ4v) is 2.17. The Bertz CT molecular complexity index is 39.1. The average molecular weight is 135 g/mol. The summed E-state index contributed by atoms with van der Waals surface area (Å²) in [7, 11) is 0. The highest BCUT2D eigenvalue weighted by Gasteiger charge is 2.04. The van der Waals surface area contributed by atoms with Gasteiger partial charge in [0.15, 0.2) is 0 Å². The first-order valence-electron chi connectivity index (χ1n) is 2.87. The molecule has 0 nitrogen and oxygen atoms in total. The maximum atomic E-state index is 5.59. The first-order chi connectivity index (χ1) is 3.31. The van der Waals surface area contributed by atoms with E-state index in [0.29, 0.717) is 0 Å². The second kappa shape index (κ2) is 4.97. The third-order valence-electron chi connectivity index (χ3n) is 1.04. The van der Waals surface area contributed by atoms with Crippen LogP contribution in [0.5, 0.6) is 0 Å². The van der Waals surface area contributed by atoms with Gasteiger partial charge in [0.2, 0.25) is 0 Å². The molecule has 7 heavy (non-hydrogen) atoms. The Kier molecular flexibility index (Phi) is 5.55. The maximum absolute atomic E-state index is 5.59. The summed E-state index contributed by atoms with van der Waals surface area (Å²) in [4.78, 5) is 0. The fourth-order valence-electron chi connectivity index (χ4n) is 0.570. The minimum atomic E-state index is -0.416. The van der Waals surface area contributed by atoms with Crippen molar-refractivity contribution in [3.05, 3.63) is 0 Å². The molecule has 0 aromatic rings. The van der Waals surface area contributed by atoms with Gasteiger partial charge in [0.25, 0.3) is 14.1 Å². The summed E-state index contributed by atoms with van der Waals surface area (Å²) in [5.74, 6) is 2.32. The molecule has 0 rings (SSSR count). The SMILES string of the molecule is CC[CH2][Al]([CH3])[CH2]Cl. The van der Waals surface area contributed by atoms with Gasteiger partial charge in [-0.3, -0.25) is 0 Å². The molecule has 0 fully saturated rings. The normalized spacial score (nSPS) is 9.00. The molecule has 0 amide bonds. The Morgan fingerprint density at radius 1 is 1.57 bits per heavy atom. The lowest BCUT2D eigenvalue weighted by Gasteiger charge is -1.93. The van der Waals surface area contributed by atoms with E-state index in [2.05, 4.69) is 12.7 Å². The molecule has 0 aromatic heterocycles. The van der Waals surface area contributed by atoms with Crippen molar-refractivity contribution in [2.24, 2.45) is 0 Å². The van der Waals surface area contributed by atoms with E-state index in [0.717, 1.165) is 4.74 Å². The van der Waals surface area contributed by atoms with Crippen LogP contribution < -0.4 is 0 Å².